The first-order chi connectivity index (χ1) is 5.47. The van der Waals surface area contributed by atoms with Gasteiger partial charge in [0.2, 0.25) is 0 Å². The zero-order chi connectivity index (χ0) is 9.35. The van der Waals surface area contributed by atoms with Gasteiger partial charge >= 0.3 is 0 Å². The SMILES string of the molecule is O=CC1=NC(Cl)C(Cl)CC1(Cl)Cl. The molecule has 2 nitrogen and oxygen atoms in total. The molecule has 0 aromatic carbocycles. The number of carbonyl (C=O) groups excluding carboxylic acids is 1. The van der Waals surface area contributed by atoms with Crippen LogP contribution < -0.4 is 0 Å². The highest BCUT2D eigenvalue weighted by Gasteiger charge is 2.40. The molecule has 12 heavy (non-hydrogen) atoms. The van der Waals surface area contributed by atoms with Gasteiger partial charge in [-0.1, -0.05) is 34.8 Å². The quantitative estimate of drug-likeness (QED) is 0.398. The molecule has 0 aliphatic carbocycles. The van der Waals surface area contributed by atoms with Gasteiger partial charge in [-0.2, -0.15) is 0 Å². The molecular formula is C6H5Cl4NO. The Balaban J connectivity index is 2.95. The summed E-state index contributed by atoms with van der Waals surface area (Å²) < 4.78 is -1.29. The second kappa shape index (κ2) is 3.70. The van der Waals surface area contributed by atoms with Crippen LogP contribution in [0.1, 0.15) is 6.42 Å². The molecule has 0 bridgehead atoms. The Hall–Kier alpha value is 0.500. The van der Waals surface area contributed by atoms with Gasteiger partial charge in [-0.3, -0.25) is 9.79 Å². The molecule has 0 aromatic heterocycles. The number of aldehydes is 1. The molecule has 0 saturated carbocycles. The minimum absolute atomic E-state index is 0.0442. The van der Waals surface area contributed by atoms with E-state index >= 15 is 0 Å². The van der Waals surface area contributed by atoms with Crippen LogP contribution in [0.2, 0.25) is 0 Å². The van der Waals surface area contributed by atoms with E-state index in [-0.39, 0.29) is 12.1 Å². The molecule has 6 heteroatoms. The number of aliphatic imine (C=N–C) groups is 1. The van der Waals surface area contributed by atoms with Gasteiger partial charge in [0.1, 0.15) is 11.2 Å². The summed E-state index contributed by atoms with van der Waals surface area (Å²) in [6.45, 7) is 0. The van der Waals surface area contributed by atoms with Crippen molar-refractivity contribution in [3.63, 3.8) is 0 Å². The zero-order valence-electron chi connectivity index (χ0n) is 5.81. The van der Waals surface area contributed by atoms with Crippen LogP contribution in [0.15, 0.2) is 4.99 Å². The number of hydrogen-bond acceptors (Lipinski definition) is 2. The summed E-state index contributed by atoms with van der Waals surface area (Å²) in [6, 6.07) is 0. The summed E-state index contributed by atoms with van der Waals surface area (Å²) in [7, 11) is 0. The Kier molecular flexibility index (Phi) is 3.27. The maximum atomic E-state index is 10.4. The third-order valence-corrected chi connectivity index (χ3v) is 3.12. The van der Waals surface area contributed by atoms with E-state index < -0.39 is 15.2 Å². The van der Waals surface area contributed by atoms with E-state index in [0.29, 0.717) is 6.29 Å². The lowest BCUT2D eigenvalue weighted by Crippen LogP contribution is -2.38. The van der Waals surface area contributed by atoms with Gasteiger partial charge in [0, 0.05) is 6.42 Å². The molecule has 0 N–H and O–H groups in total. The summed E-state index contributed by atoms with van der Waals surface area (Å²) in [6.07, 6.45) is 0.724. The van der Waals surface area contributed by atoms with E-state index in [9.17, 15) is 4.79 Å². The van der Waals surface area contributed by atoms with E-state index in [1.54, 1.807) is 0 Å². The maximum absolute atomic E-state index is 10.4. The number of alkyl halides is 4. The van der Waals surface area contributed by atoms with Crippen LogP contribution in [0.5, 0.6) is 0 Å². The lowest BCUT2D eigenvalue weighted by Gasteiger charge is -2.28. The van der Waals surface area contributed by atoms with Crippen LogP contribution >= 0.6 is 46.4 Å². The smallest absolute Gasteiger partial charge is 0.167 e. The molecule has 0 fully saturated rings. The van der Waals surface area contributed by atoms with Gasteiger partial charge in [0.05, 0.1) is 5.38 Å². The minimum atomic E-state index is -1.29. The van der Waals surface area contributed by atoms with Gasteiger partial charge < -0.3 is 0 Å². The number of halogens is 4. The summed E-state index contributed by atoms with van der Waals surface area (Å²) in [5.41, 5.74) is -0.583. The molecule has 1 aliphatic rings. The molecule has 68 valence electrons. The minimum Gasteiger partial charge on any atom is -0.296 e. The van der Waals surface area contributed by atoms with E-state index in [1.165, 1.54) is 0 Å². The van der Waals surface area contributed by atoms with Crippen molar-refractivity contribution in [2.24, 2.45) is 4.99 Å². The predicted molar refractivity (Wildman–Crippen MR) is 51.8 cm³/mol. The van der Waals surface area contributed by atoms with E-state index in [0.717, 1.165) is 0 Å². The third-order valence-electron chi connectivity index (χ3n) is 1.50. The molecule has 2 unspecified atom stereocenters. The second-order valence-electron chi connectivity index (χ2n) is 2.43. The average Bonchev–Trinajstić information content (AvgIpc) is 1.96. The Morgan fingerprint density at radius 2 is 2.08 bits per heavy atom. The van der Waals surface area contributed by atoms with Crippen molar-refractivity contribution in [1.29, 1.82) is 0 Å². The first kappa shape index (κ1) is 10.6. The molecule has 0 aromatic rings. The highest BCUT2D eigenvalue weighted by Crippen LogP contribution is 2.36. The lowest BCUT2D eigenvalue weighted by molar-refractivity contribution is -0.102. The Morgan fingerprint density at radius 3 is 2.58 bits per heavy atom. The molecule has 1 rings (SSSR count). The van der Waals surface area contributed by atoms with Crippen molar-refractivity contribution in [3.8, 4) is 0 Å². The van der Waals surface area contributed by atoms with Crippen molar-refractivity contribution in [2.45, 2.75) is 21.6 Å². The number of hydrogen-bond donors (Lipinski definition) is 0. The highest BCUT2D eigenvalue weighted by molar-refractivity contribution is 6.66. The predicted octanol–water partition coefficient (Wildman–Crippen LogP) is 2.38. The largest absolute Gasteiger partial charge is 0.296 e. The van der Waals surface area contributed by atoms with Crippen LogP contribution in [0.3, 0.4) is 0 Å². The van der Waals surface area contributed by atoms with Crippen molar-refractivity contribution in [3.05, 3.63) is 0 Å². The Labute approximate surface area is 89.8 Å². The fraction of sp³-hybridized carbons (Fsp3) is 0.667. The van der Waals surface area contributed by atoms with Crippen molar-refractivity contribution in [1.82, 2.24) is 0 Å². The molecule has 2 atom stereocenters. The van der Waals surface area contributed by atoms with E-state index in [4.69, 9.17) is 46.4 Å². The fourth-order valence-electron chi connectivity index (χ4n) is 0.872. The lowest BCUT2D eigenvalue weighted by atomic mass is 10.1. The first-order valence-corrected chi connectivity index (χ1v) is 4.79. The van der Waals surface area contributed by atoms with Crippen LogP contribution in [0.4, 0.5) is 0 Å². The fourth-order valence-corrected chi connectivity index (χ4v) is 2.03. The summed E-state index contributed by atoms with van der Waals surface area (Å²) >= 11 is 22.9. The van der Waals surface area contributed by atoms with Crippen molar-refractivity contribution < 1.29 is 4.79 Å². The molecule has 1 heterocycles. The molecule has 0 radical (unpaired) electrons. The van der Waals surface area contributed by atoms with Crippen molar-refractivity contribution in [2.75, 3.05) is 0 Å². The van der Waals surface area contributed by atoms with Gasteiger partial charge in [0.15, 0.2) is 10.6 Å². The molecular weight excluding hydrogens is 244 g/mol. The first-order valence-electron chi connectivity index (χ1n) is 3.17. The van der Waals surface area contributed by atoms with Crippen LogP contribution in [0, 0.1) is 0 Å². The second-order valence-corrected chi connectivity index (χ2v) is 4.92. The topological polar surface area (TPSA) is 29.4 Å². The number of carbonyl (C=O) groups is 1. The van der Waals surface area contributed by atoms with Crippen LogP contribution in [0.25, 0.3) is 0 Å². The van der Waals surface area contributed by atoms with Crippen LogP contribution in [-0.2, 0) is 4.79 Å². The summed E-state index contributed by atoms with van der Waals surface area (Å²) in [5, 5.41) is -0.439. The van der Waals surface area contributed by atoms with Gasteiger partial charge in [-0.25, -0.2) is 0 Å². The molecule has 0 amide bonds. The zero-order valence-corrected chi connectivity index (χ0v) is 8.83. The molecule has 0 spiro atoms. The van der Waals surface area contributed by atoms with Gasteiger partial charge in [-0.05, 0) is 0 Å². The monoisotopic (exact) mass is 247 g/mol. The number of nitrogens with zero attached hydrogens (tertiary/aromatic N) is 1. The maximum Gasteiger partial charge on any atom is 0.167 e. The average molecular weight is 249 g/mol. The molecule has 1 aliphatic heterocycles. The summed E-state index contributed by atoms with van der Waals surface area (Å²) in [5.74, 6) is 0. The van der Waals surface area contributed by atoms with Gasteiger partial charge in [0.25, 0.3) is 0 Å². The summed E-state index contributed by atoms with van der Waals surface area (Å²) in [4.78, 5) is 14.2. The van der Waals surface area contributed by atoms with E-state index in [1.807, 2.05) is 0 Å². The standard InChI is InChI=1S/C6H5Cl4NO/c7-3-1-6(9,10)4(2-12)11-5(3)8/h2-3,5H,1H2. The van der Waals surface area contributed by atoms with Crippen LogP contribution in [-0.4, -0.2) is 27.2 Å². The van der Waals surface area contributed by atoms with E-state index in [2.05, 4.69) is 4.99 Å². The Bertz CT molecular complexity index is 228. The van der Waals surface area contributed by atoms with Crippen molar-refractivity contribution >= 4 is 58.4 Å². The normalized spacial score (nSPS) is 34.2. The highest BCUT2D eigenvalue weighted by atomic mass is 35.5. The van der Waals surface area contributed by atoms with Gasteiger partial charge in [-0.15, -0.1) is 11.6 Å². The molecule has 0 saturated heterocycles. The number of rotatable bonds is 1. The Morgan fingerprint density at radius 1 is 1.50 bits per heavy atom. The third kappa shape index (κ3) is 2.05.